The van der Waals surface area contributed by atoms with Gasteiger partial charge in [0.05, 0.1) is 25.3 Å². The molecule has 0 bridgehead atoms. The second-order valence-electron chi connectivity index (χ2n) is 8.21. The van der Waals surface area contributed by atoms with E-state index in [2.05, 4.69) is 9.69 Å². The van der Waals surface area contributed by atoms with E-state index < -0.39 is 0 Å². The molecule has 0 aromatic heterocycles. The van der Waals surface area contributed by atoms with Crippen LogP contribution < -0.4 is 19.9 Å². The monoisotopic (exact) mass is 488 g/mol. The molecule has 5 aromatic carbocycles. The van der Waals surface area contributed by atoms with Crippen molar-refractivity contribution in [3.05, 3.63) is 130 Å². The molecule has 0 unspecified atom stereocenters. The van der Waals surface area contributed by atoms with Gasteiger partial charge in [-0.05, 0) is 57.9 Å². The Morgan fingerprint density at radius 2 is 0.947 bits per heavy atom. The molecule has 176 valence electrons. The first kappa shape index (κ1) is 23.7. The van der Waals surface area contributed by atoms with E-state index in [1.54, 1.807) is 12.1 Å². The third-order valence-corrected chi connectivity index (χ3v) is 5.92. The van der Waals surface area contributed by atoms with Crippen molar-refractivity contribution < 1.29 is 9.47 Å². The molecule has 0 spiro atoms. The summed E-state index contributed by atoms with van der Waals surface area (Å²) in [7, 11) is 0. The highest BCUT2D eigenvalue weighted by Gasteiger charge is 2.13. The summed E-state index contributed by atoms with van der Waals surface area (Å²) >= 11 is 0. The third kappa shape index (κ3) is 4.58. The quantitative estimate of drug-likeness (QED) is 0.265. The molecular formula is C32H16N4O2. The van der Waals surface area contributed by atoms with Gasteiger partial charge in [0, 0.05) is 10.4 Å². The van der Waals surface area contributed by atoms with Gasteiger partial charge in [0.1, 0.15) is 23.0 Å². The van der Waals surface area contributed by atoms with Gasteiger partial charge in [-0.3, -0.25) is 0 Å². The zero-order valence-corrected chi connectivity index (χ0v) is 19.8. The third-order valence-electron chi connectivity index (χ3n) is 5.92. The second-order valence-corrected chi connectivity index (χ2v) is 8.21. The fraction of sp³-hybridized carbons (Fsp3) is 0. The first-order chi connectivity index (χ1) is 18.6. The normalized spacial score (nSPS) is 11.9. The van der Waals surface area contributed by atoms with E-state index in [1.165, 1.54) is 12.1 Å². The van der Waals surface area contributed by atoms with Gasteiger partial charge in [0.2, 0.25) is 0 Å². The minimum atomic E-state index is -0.211. The zero-order chi connectivity index (χ0) is 26.5. The topological polar surface area (TPSA) is 74.8 Å². The molecule has 0 aliphatic carbocycles. The van der Waals surface area contributed by atoms with E-state index in [0.29, 0.717) is 11.5 Å². The van der Waals surface area contributed by atoms with Crippen molar-refractivity contribution in [1.29, 1.82) is 10.5 Å². The molecule has 0 saturated heterocycles. The summed E-state index contributed by atoms with van der Waals surface area (Å²) in [5, 5.41) is 23.7. The smallest absolute Gasteiger partial charge is 0.272 e. The van der Waals surface area contributed by atoms with Crippen LogP contribution in [-0.4, -0.2) is 0 Å². The van der Waals surface area contributed by atoms with Gasteiger partial charge in [-0.25, -0.2) is 20.2 Å². The minimum Gasteiger partial charge on any atom is -0.458 e. The molecule has 0 fully saturated rings. The number of ether oxygens (including phenoxy) is 2. The Labute approximate surface area is 218 Å². The van der Waals surface area contributed by atoms with Crippen molar-refractivity contribution in [1.82, 2.24) is 0 Å². The Morgan fingerprint density at radius 1 is 0.553 bits per heavy atom. The van der Waals surface area contributed by atoms with Gasteiger partial charge in [-0.2, -0.15) is 0 Å². The maximum atomic E-state index is 9.68. The highest BCUT2D eigenvalue weighted by molar-refractivity contribution is 5.84. The number of nitriles is 2. The SMILES string of the molecule is [C-]#[N+]C(C#N)=c1cc(Oc2ccc3ccccc3c2)c(=C(C#N)[N+]#[C-])cc1Oc1ccc2ccccc2c1. The van der Waals surface area contributed by atoms with E-state index in [1.807, 2.05) is 84.9 Å². The van der Waals surface area contributed by atoms with Crippen LogP contribution >= 0.6 is 0 Å². The summed E-state index contributed by atoms with van der Waals surface area (Å²) in [5.74, 6) is 1.26. The lowest BCUT2D eigenvalue weighted by Gasteiger charge is -2.13. The predicted octanol–water partition coefficient (Wildman–Crippen LogP) is 6.68. The molecule has 0 aliphatic rings. The summed E-state index contributed by atoms with van der Waals surface area (Å²) in [4.78, 5) is 6.74. The zero-order valence-electron chi connectivity index (χ0n) is 19.8. The number of benzene rings is 5. The highest BCUT2D eigenvalue weighted by Crippen LogP contribution is 2.27. The van der Waals surface area contributed by atoms with Crippen LogP contribution in [0.15, 0.2) is 97.1 Å². The lowest BCUT2D eigenvalue weighted by molar-refractivity contribution is 0.463. The van der Waals surface area contributed by atoms with Gasteiger partial charge in [0.25, 0.3) is 11.4 Å². The van der Waals surface area contributed by atoms with Crippen molar-refractivity contribution in [2.45, 2.75) is 0 Å². The summed E-state index contributed by atoms with van der Waals surface area (Å²) in [6, 6.07) is 33.4. The van der Waals surface area contributed by atoms with Crippen molar-refractivity contribution in [2.75, 3.05) is 0 Å². The average molecular weight is 489 g/mol. The van der Waals surface area contributed by atoms with Crippen LogP contribution in [0.2, 0.25) is 0 Å². The summed E-state index contributed by atoms with van der Waals surface area (Å²) in [6.45, 7) is 15.1. The van der Waals surface area contributed by atoms with Crippen LogP contribution in [0, 0.1) is 35.8 Å². The molecule has 6 nitrogen and oxygen atoms in total. The molecule has 0 atom stereocenters. The van der Waals surface area contributed by atoms with Crippen LogP contribution in [0.1, 0.15) is 0 Å². The number of fused-ring (bicyclic) bond motifs is 2. The van der Waals surface area contributed by atoms with E-state index in [-0.39, 0.29) is 33.3 Å². The van der Waals surface area contributed by atoms with E-state index >= 15 is 0 Å². The van der Waals surface area contributed by atoms with Crippen LogP contribution in [0.5, 0.6) is 23.0 Å². The van der Waals surface area contributed by atoms with Crippen molar-refractivity contribution in [3.63, 3.8) is 0 Å². The number of hydrogen-bond donors (Lipinski definition) is 0. The summed E-state index contributed by atoms with van der Waals surface area (Å²) < 4.78 is 12.3. The predicted molar refractivity (Wildman–Crippen MR) is 145 cm³/mol. The molecule has 6 heteroatoms. The maximum Gasteiger partial charge on any atom is 0.272 e. The Bertz CT molecular complexity index is 1850. The lowest BCUT2D eigenvalue weighted by atomic mass is 10.1. The summed E-state index contributed by atoms with van der Waals surface area (Å²) in [5.41, 5.74) is -0.422. The van der Waals surface area contributed by atoms with Crippen molar-refractivity contribution in [3.8, 4) is 35.1 Å². The molecule has 5 rings (SSSR count). The van der Waals surface area contributed by atoms with Crippen LogP contribution in [-0.2, 0) is 0 Å². The Kier molecular flexibility index (Phi) is 6.39. The molecule has 0 amide bonds. The van der Waals surface area contributed by atoms with Gasteiger partial charge >= 0.3 is 0 Å². The Balaban J connectivity index is 1.72. The summed E-state index contributed by atoms with van der Waals surface area (Å²) in [6.07, 6.45) is 0. The molecular weight excluding hydrogens is 472 g/mol. The number of nitrogens with zero attached hydrogens (tertiary/aromatic N) is 4. The largest absolute Gasteiger partial charge is 0.458 e. The fourth-order valence-electron chi connectivity index (χ4n) is 4.11. The number of hydrogen-bond acceptors (Lipinski definition) is 4. The highest BCUT2D eigenvalue weighted by atomic mass is 16.5. The molecule has 0 N–H and O–H groups in total. The molecule has 38 heavy (non-hydrogen) atoms. The van der Waals surface area contributed by atoms with Gasteiger partial charge in [-0.15, -0.1) is 0 Å². The maximum absolute atomic E-state index is 9.68. The van der Waals surface area contributed by atoms with Crippen molar-refractivity contribution in [2.24, 2.45) is 0 Å². The molecule has 0 radical (unpaired) electrons. The van der Waals surface area contributed by atoms with Gasteiger partial charge in [0.15, 0.2) is 0 Å². The number of rotatable bonds is 4. The van der Waals surface area contributed by atoms with E-state index in [9.17, 15) is 10.5 Å². The minimum absolute atomic E-state index is 0.157. The standard InChI is InChI=1S/C32H16N4O2/c1-35-29(19-33)27-17-32(38-26-14-12-22-8-4-6-10-24(22)16-26)28(30(20-34)36-2)18-31(27)37-25-13-11-21-7-3-5-9-23(21)15-25/h3-18H. The molecule has 0 saturated carbocycles. The van der Waals surface area contributed by atoms with Gasteiger partial charge in [-0.1, -0.05) is 60.7 Å². The Morgan fingerprint density at radius 3 is 1.32 bits per heavy atom. The van der Waals surface area contributed by atoms with Crippen LogP contribution in [0.4, 0.5) is 0 Å². The fourth-order valence-corrected chi connectivity index (χ4v) is 4.11. The van der Waals surface area contributed by atoms with Gasteiger partial charge < -0.3 is 9.47 Å². The second kappa shape index (κ2) is 10.3. The van der Waals surface area contributed by atoms with Crippen molar-refractivity contribution >= 4 is 32.9 Å². The van der Waals surface area contributed by atoms with E-state index in [0.717, 1.165) is 21.5 Å². The first-order valence-corrected chi connectivity index (χ1v) is 11.4. The van der Waals surface area contributed by atoms with Crippen LogP contribution in [0.25, 0.3) is 42.6 Å². The Hall–Kier alpha value is -6.08. The van der Waals surface area contributed by atoms with E-state index in [4.69, 9.17) is 22.6 Å². The lowest BCUT2D eigenvalue weighted by Crippen LogP contribution is -2.17. The molecule has 0 aliphatic heterocycles. The average Bonchev–Trinajstić information content (AvgIpc) is 2.96. The molecule has 0 heterocycles. The molecule has 5 aromatic rings. The first-order valence-electron chi connectivity index (χ1n) is 11.4. The van der Waals surface area contributed by atoms with Crippen LogP contribution in [0.3, 0.4) is 0 Å².